The van der Waals surface area contributed by atoms with Gasteiger partial charge in [-0.25, -0.2) is 9.18 Å². The third kappa shape index (κ3) is 3.56. The highest BCUT2D eigenvalue weighted by Gasteiger charge is 2.35. The molecule has 9 nitrogen and oxygen atoms in total. The smallest absolute Gasteiger partial charge is 0.342 e. The fourth-order valence-electron chi connectivity index (χ4n) is 4.40. The minimum Gasteiger partial charge on any atom is -0.477 e. The molecule has 1 aromatic carbocycles. The molecule has 0 spiro atoms. The molecule has 0 saturated carbocycles. The van der Waals surface area contributed by atoms with E-state index in [2.05, 4.69) is 5.32 Å². The summed E-state index contributed by atoms with van der Waals surface area (Å²) in [5.74, 6) is -2.04. The molecule has 0 bridgehead atoms. The van der Waals surface area contributed by atoms with Crippen LogP contribution in [0.1, 0.15) is 29.6 Å². The zero-order valence-electron chi connectivity index (χ0n) is 17.9. The lowest BCUT2D eigenvalue weighted by Crippen LogP contribution is -2.52. The van der Waals surface area contributed by atoms with Gasteiger partial charge in [-0.05, 0) is 26.0 Å². The average Bonchev–Trinajstić information content (AvgIpc) is 3.12. The molecule has 1 fully saturated rings. The van der Waals surface area contributed by atoms with E-state index in [0.29, 0.717) is 48.1 Å². The van der Waals surface area contributed by atoms with E-state index in [9.17, 15) is 19.5 Å². The van der Waals surface area contributed by atoms with Crippen molar-refractivity contribution in [3.05, 3.63) is 44.8 Å². The van der Waals surface area contributed by atoms with Gasteiger partial charge in [-0.3, -0.25) is 9.59 Å². The molecule has 4 heterocycles. The van der Waals surface area contributed by atoms with Crippen molar-refractivity contribution in [3.8, 4) is 0 Å². The number of carboxylic acids is 1. The Morgan fingerprint density at radius 2 is 1.97 bits per heavy atom. The molecular formula is C21H22FN5O4S2. The summed E-state index contributed by atoms with van der Waals surface area (Å²) in [7, 11) is 0. The van der Waals surface area contributed by atoms with Gasteiger partial charge in [0.2, 0.25) is 5.43 Å². The van der Waals surface area contributed by atoms with Crippen molar-refractivity contribution in [3.63, 3.8) is 0 Å². The van der Waals surface area contributed by atoms with Crippen LogP contribution in [0.2, 0.25) is 0 Å². The zero-order valence-corrected chi connectivity index (χ0v) is 19.6. The highest BCUT2D eigenvalue weighted by atomic mass is 32.2. The lowest BCUT2D eigenvalue weighted by atomic mass is 10.1. The second-order valence-corrected chi connectivity index (χ2v) is 11.0. The summed E-state index contributed by atoms with van der Waals surface area (Å²) in [6.07, 6.45) is 0. The SMILES string of the molecule is CC1Sc2c(C(=O)O)c(=O)c3cc(F)c(N4CCN(C(=O)C5=CSC(C)(N)N5)CC4)cc3n21. The van der Waals surface area contributed by atoms with E-state index < -0.39 is 22.2 Å². The van der Waals surface area contributed by atoms with Crippen molar-refractivity contribution in [2.45, 2.75) is 29.2 Å². The Bertz CT molecular complexity index is 1300. The summed E-state index contributed by atoms with van der Waals surface area (Å²) in [5, 5.41) is 14.6. The first-order valence-corrected chi connectivity index (χ1v) is 12.1. The maximum absolute atomic E-state index is 15.1. The van der Waals surface area contributed by atoms with E-state index in [-0.39, 0.29) is 22.2 Å². The Kier molecular flexibility index (Phi) is 5.14. The molecule has 5 rings (SSSR count). The number of nitrogens with one attached hydrogen (secondary N) is 1. The number of carbonyl (C=O) groups is 2. The van der Waals surface area contributed by atoms with Crippen LogP contribution in [0, 0.1) is 5.82 Å². The number of halogens is 1. The number of fused-ring (bicyclic) bond motifs is 3. The summed E-state index contributed by atoms with van der Waals surface area (Å²) in [6, 6.07) is 2.75. The lowest BCUT2D eigenvalue weighted by Gasteiger charge is -2.37. The van der Waals surface area contributed by atoms with Crippen LogP contribution in [-0.2, 0) is 4.79 Å². The normalized spacial score (nSPS) is 24.2. The number of carbonyl (C=O) groups excluding carboxylic acids is 1. The quantitative estimate of drug-likeness (QED) is 0.591. The summed E-state index contributed by atoms with van der Waals surface area (Å²) < 4.78 is 16.9. The van der Waals surface area contributed by atoms with Gasteiger partial charge in [-0.1, -0.05) is 23.5 Å². The van der Waals surface area contributed by atoms with E-state index in [1.807, 2.05) is 11.8 Å². The molecule has 1 aromatic heterocycles. The number of hydrogen-bond donors (Lipinski definition) is 3. The number of pyridine rings is 1. The van der Waals surface area contributed by atoms with Gasteiger partial charge in [0.15, 0.2) is 0 Å². The molecule has 1 amide bonds. The Balaban J connectivity index is 1.42. The van der Waals surface area contributed by atoms with Crippen LogP contribution < -0.4 is 21.4 Å². The zero-order chi connectivity index (χ0) is 23.7. The topological polar surface area (TPSA) is 121 Å². The average molecular weight is 492 g/mol. The number of aromatic carboxylic acids is 1. The third-order valence-corrected chi connectivity index (χ3v) is 8.15. The van der Waals surface area contributed by atoms with E-state index in [1.165, 1.54) is 23.5 Å². The van der Waals surface area contributed by atoms with Crippen LogP contribution in [0.5, 0.6) is 0 Å². The molecule has 33 heavy (non-hydrogen) atoms. The fourth-order valence-corrected chi connectivity index (χ4v) is 6.24. The minimum absolute atomic E-state index is 0.0555. The largest absolute Gasteiger partial charge is 0.477 e. The van der Waals surface area contributed by atoms with E-state index in [1.54, 1.807) is 27.9 Å². The summed E-state index contributed by atoms with van der Waals surface area (Å²) in [4.78, 5) is 40.0. The van der Waals surface area contributed by atoms with Crippen LogP contribution in [0.15, 0.2) is 33.1 Å². The van der Waals surface area contributed by atoms with Crippen molar-refractivity contribution in [2.24, 2.45) is 5.73 Å². The summed E-state index contributed by atoms with van der Waals surface area (Å²) >= 11 is 2.65. The Morgan fingerprint density at radius 1 is 1.27 bits per heavy atom. The number of benzene rings is 1. The maximum atomic E-state index is 15.1. The highest BCUT2D eigenvalue weighted by molar-refractivity contribution is 8.03. The van der Waals surface area contributed by atoms with Crippen molar-refractivity contribution in [1.82, 2.24) is 14.8 Å². The van der Waals surface area contributed by atoms with Crippen LogP contribution in [-0.4, -0.2) is 57.6 Å². The molecule has 12 heteroatoms. The standard InChI is InChI=1S/C21H22FN5O4S2/c1-10-27-14-8-15(12(22)7-11(14)17(28)16(20(30)31)19(27)33-10)25-3-5-26(6-4-25)18(29)13-9-32-21(2,23)24-13/h7-10,24H,3-6,23H2,1-2H3,(H,30,31). The number of thioether (sulfide) groups is 2. The number of aromatic nitrogens is 1. The van der Waals surface area contributed by atoms with Gasteiger partial charge < -0.3 is 30.5 Å². The minimum atomic E-state index is -1.31. The number of rotatable bonds is 3. The number of anilines is 1. The van der Waals surface area contributed by atoms with Crippen molar-refractivity contribution in [1.29, 1.82) is 0 Å². The van der Waals surface area contributed by atoms with Crippen LogP contribution in [0.4, 0.5) is 10.1 Å². The molecule has 4 N–H and O–H groups in total. The first kappa shape index (κ1) is 22.1. The van der Waals surface area contributed by atoms with Gasteiger partial charge in [0.1, 0.15) is 22.1 Å². The first-order chi connectivity index (χ1) is 15.6. The van der Waals surface area contributed by atoms with Crippen LogP contribution in [0.25, 0.3) is 10.9 Å². The van der Waals surface area contributed by atoms with Crippen LogP contribution in [0.3, 0.4) is 0 Å². The molecule has 1 saturated heterocycles. The van der Waals surface area contributed by atoms with E-state index >= 15 is 4.39 Å². The third-order valence-electron chi connectivity index (χ3n) is 6.03. The van der Waals surface area contributed by atoms with Gasteiger partial charge in [0.05, 0.1) is 21.6 Å². The fraction of sp³-hybridized carbons (Fsp3) is 0.381. The summed E-state index contributed by atoms with van der Waals surface area (Å²) in [5.41, 5.74) is 6.30. The number of carboxylic acid groups (broad SMARTS) is 1. The Labute approximate surface area is 196 Å². The predicted molar refractivity (Wildman–Crippen MR) is 126 cm³/mol. The molecule has 3 aliphatic heterocycles. The van der Waals surface area contributed by atoms with Gasteiger partial charge >= 0.3 is 5.97 Å². The highest BCUT2D eigenvalue weighted by Crippen LogP contribution is 2.46. The molecule has 2 unspecified atom stereocenters. The van der Waals surface area contributed by atoms with Crippen LogP contribution >= 0.6 is 23.5 Å². The van der Waals surface area contributed by atoms with E-state index in [0.717, 1.165) is 6.07 Å². The van der Waals surface area contributed by atoms with Gasteiger partial charge in [0, 0.05) is 37.0 Å². The Hall–Kier alpha value is -2.70. The Morgan fingerprint density at radius 3 is 2.55 bits per heavy atom. The second kappa shape index (κ2) is 7.67. The maximum Gasteiger partial charge on any atom is 0.342 e. The number of amides is 1. The molecule has 174 valence electrons. The lowest BCUT2D eigenvalue weighted by molar-refractivity contribution is -0.127. The van der Waals surface area contributed by atoms with Crippen molar-refractivity contribution >= 4 is 52.0 Å². The number of nitrogens with two attached hydrogens (primary N) is 1. The van der Waals surface area contributed by atoms with Gasteiger partial charge in [0.25, 0.3) is 5.91 Å². The summed E-state index contributed by atoms with van der Waals surface area (Å²) in [6.45, 7) is 5.34. The number of piperazine rings is 1. The monoisotopic (exact) mass is 491 g/mol. The van der Waals surface area contributed by atoms with E-state index in [4.69, 9.17) is 5.73 Å². The number of nitrogens with zero attached hydrogens (tertiary/aromatic N) is 3. The van der Waals surface area contributed by atoms with Gasteiger partial charge in [-0.15, -0.1) is 0 Å². The predicted octanol–water partition coefficient (Wildman–Crippen LogP) is 1.92. The first-order valence-electron chi connectivity index (χ1n) is 10.4. The molecule has 2 atom stereocenters. The molecule has 0 aliphatic carbocycles. The van der Waals surface area contributed by atoms with Crippen molar-refractivity contribution < 1.29 is 19.1 Å². The van der Waals surface area contributed by atoms with Gasteiger partial charge in [-0.2, -0.15) is 0 Å². The molecule has 2 aromatic rings. The molecule has 0 radical (unpaired) electrons. The number of hydrogen-bond acceptors (Lipinski definition) is 8. The molecule has 3 aliphatic rings. The second-order valence-electron chi connectivity index (χ2n) is 8.38. The molecular weight excluding hydrogens is 469 g/mol. The van der Waals surface area contributed by atoms with Crippen molar-refractivity contribution in [2.75, 3.05) is 31.1 Å².